The van der Waals surface area contributed by atoms with Crippen molar-refractivity contribution in [3.05, 3.63) is 0 Å². The fourth-order valence-corrected chi connectivity index (χ4v) is 1.99. The molecule has 3 heteroatoms. The van der Waals surface area contributed by atoms with E-state index in [9.17, 15) is 4.79 Å². The lowest BCUT2D eigenvalue weighted by Gasteiger charge is -2.18. The van der Waals surface area contributed by atoms with E-state index < -0.39 is 0 Å². The van der Waals surface area contributed by atoms with Crippen molar-refractivity contribution < 1.29 is 9.53 Å². The van der Waals surface area contributed by atoms with Gasteiger partial charge >= 0.3 is 0 Å². The normalized spacial score (nSPS) is 21.1. The molecule has 1 aliphatic carbocycles. The lowest BCUT2D eigenvalue weighted by Crippen LogP contribution is -2.32. The lowest BCUT2D eigenvalue weighted by molar-refractivity contribution is -0.125. The molecule has 1 aliphatic rings. The van der Waals surface area contributed by atoms with Gasteiger partial charge in [-0.1, -0.05) is 12.8 Å². The molecule has 0 spiro atoms. The van der Waals surface area contributed by atoms with Crippen molar-refractivity contribution in [1.29, 1.82) is 0 Å². The third-order valence-corrected chi connectivity index (χ3v) is 2.68. The first-order chi connectivity index (χ1) is 5.75. The Bertz CT molecular complexity index is 153. The molecule has 0 aliphatic heterocycles. The second-order valence-electron chi connectivity index (χ2n) is 3.51. The Morgan fingerprint density at radius 1 is 1.58 bits per heavy atom. The van der Waals surface area contributed by atoms with Crippen molar-refractivity contribution in [1.82, 2.24) is 0 Å². The zero-order chi connectivity index (χ0) is 8.97. The van der Waals surface area contributed by atoms with Gasteiger partial charge in [0.2, 0.25) is 5.91 Å². The number of hydrogen-bond acceptors (Lipinski definition) is 2. The van der Waals surface area contributed by atoms with Crippen LogP contribution in [0.25, 0.3) is 0 Å². The average Bonchev–Trinajstić information content (AvgIpc) is 2.51. The van der Waals surface area contributed by atoms with E-state index in [4.69, 9.17) is 10.5 Å². The number of rotatable bonds is 4. The molecule has 1 fully saturated rings. The molecule has 1 amide bonds. The van der Waals surface area contributed by atoms with Crippen LogP contribution in [0.4, 0.5) is 0 Å². The highest BCUT2D eigenvalue weighted by Crippen LogP contribution is 2.31. The van der Waals surface area contributed by atoms with Gasteiger partial charge < -0.3 is 10.5 Å². The second-order valence-corrected chi connectivity index (χ2v) is 3.51. The smallest absolute Gasteiger partial charge is 0.223 e. The number of primary amides is 1. The minimum atomic E-state index is -0.205. The van der Waals surface area contributed by atoms with Gasteiger partial charge in [0.05, 0.1) is 12.5 Å². The van der Waals surface area contributed by atoms with E-state index in [-0.39, 0.29) is 11.8 Å². The SMILES string of the molecule is COCC(C(N)=O)C1CCCC1. The number of carbonyl (C=O) groups is 1. The van der Waals surface area contributed by atoms with Gasteiger partial charge in [0.1, 0.15) is 0 Å². The quantitative estimate of drug-likeness (QED) is 0.684. The van der Waals surface area contributed by atoms with Gasteiger partial charge in [-0.25, -0.2) is 0 Å². The Labute approximate surface area is 73.3 Å². The molecule has 2 N–H and O–H groups in total. The first-order valence-corrected chi connectivity index (χ1v) is 4.54. The van der Waals surface area contributed by atoms with E-state index in [1.165, 1.54) is 12.8 Å². The van der Waals surface area contributed by atoms with Crippen LogP contribution in [0.1, 0.15) is 25.7 Å². The van der Waals surface area contributed by atoms with Crippen molar-refractivity contribution in [2.75, 3.05) is 13.7 Å². The topological polar surface area (TPSA) is 52.3 Å². The highest BCUT2D eigenvalue weighted by atomic mass is 16.5. The fourth-order valence-electron chi connectivity index (χ4n) is 1.99. The van der Waals surface area contributed by atoms with Gasteiger partial charge in [-0.2, -0.15) is 0 Å². The summed E-state index contributed by atoms with van der Waals surface area (Å²) < 4.78 is 4.98. The van der Waals surface area contributed by atoms with E-state index in [1.54, 1.807) is 7.11 Å². The Morgan fingerprint density at radius 2 is 2.17 bits per heavy atom. The summed E-state index contributed by atoms with van der Waals surface area (Å²) in [6, 6.07) is 0. The molecule has 0 radical (unpaired) electrons. The highest BCUT2D eigenvalue weighted by Gasteiger charge is 2.28. The van der Waals surface area contributed by atoms with Crippen LogP contribution in [0.3, 0.4) is 0 Å². The zero-order valence-electron chi connectivity index (χ0n) is 7.58. The summed E-state index contributed by atoms with van der Waals surface area (Å²) in [6.45, 7) is 0.486. The van der Waals surface area contributed by atoms with Gasteiger partial charge in [0.15, 0.2) is 0 Å². The van der Waals surface area contributed by atoms with Crippen molar-refractivity contribution in [2.45, 2.75) is 25.7 Å². The molecular weight excluding hydrogens is 154 g/mol. The van der Waals surface area contributed by atoms with Gasteiger partial charge in [0, 0.05) is 7.11 Å². The summed E-state index contributed by atoms with van der Waals surface area (Å²) in [7, 11) is 1.62. The summed E-state index contributed by atoms with van der Waals surface area (Å²) in [5, 5.41) is 0. The Morgan fingerprint density at radius 3 is 2.58 bits per heavy atom. The first kappa shape index (κ1) is 9.52. The summed E-state index contributed by atoms with van der Waals surface area (Å²) >= 11 is 0. The van der Waals surface area contributed by atoms with E-state index in [1.807, 2.05) is 0 Å². The number of methoxy groups -OCH3 is 1. The number of nitrogens with two attached hydrogens (primary N) is 1. The first-order valence-electron chi connectivity index (χ1n) is 4.54. The number of carbonyl (C=O) groups excluding carboxylic acids is 1. The maximum Gasteiger partial charge on any atom is 0.223 e. The zero-order valence-corrected chi connectivity index (χ0v) is 7.58. The summed E-state index contributed by atoms with van der Waals surface area (Å²) in [6.07, 6.45) is 4.74. The molecular formula is C9H17NO2. The molecule has 0 heterocycles. The van der Waals surface area contributed by atoms with Crippen LogP contribution < -0.4 is 5.73 Å². The minimum Gasteiger partial charge on any atom is -0.384 e. The average molecular weight is 171 g/mol. The highest BCUT2D eigenvalue weighted by molar-refractivity contribution is 5.77. The molecule has 1 saturated carbocycles. The monoisotopic (exact) mass is 171 g/mol. The second kappa shape index (κ2) is 4.45. The molecule has 1 unspecified atom stereocenters. The Balaban J connectivity index is 2.45. The molecule has 0 aromatic rings. The standard InChI is InChI=1S/C9H17NO2/c1-12-6-8(9(10)11)7-4-2-3-5-7/h7-8H,2-6H2,1H3,(H2,10,11). The molecule has 0 saturated heterocycles. The van der Waals surface area contributed by atoms with E-state index in [0.29, 0.717) is 12.5 Å². The molecule has 12 heavy (non-hydrogen) atoms. The van der Waals surface area contributed by atoms with Gasteiger partial charge in [-0.05, 0) is 18.8 Å². The third kappa shape index (κ3) is 2.21. The summed E-state index contributed by atoms with van der Waals surface area (Å²) in [5.74, 6) is 0.212. The molecule has 1 rings (SSSR count). The number of ether oxygens (including phenoxy) is 1. The van der Waals surface area contributed by atoms with Crippen LogP contribution >= 0.6 is 0 Å². The van der Waals surface area contributed by atoms with Crippen molar-refractivity contribution >= 4 is 5.91 Å². The van der Waals surface area contributed by atoms with Gasteiger partial charge in [0.25, 0.3) is 0 Å². The van der Waals surface area contributed by atoms with Crippen LogP contribution in [-0.2, 0) is 9.53 Å². The van der Waals surface area contributed by atoms with E-state index >= 15 is 0 Å². The third-order valence-electron chi connectivity index (χ3n) is 2.68. The van der Waals surface area contributed by atoms with Crippen molar-refractivity contribution in [2.24, 2.45) is 17.6 Å². The maximum absolute atomic E-state index is 11.0. The lowest BCUT2D eigenvalue weighted by atomic mass is 9.91. The largest absolute Gasteiger partial charge is 0.384 e. The van der Waals surface area contributed by atoms with Crippen LogP contribution in [0.2, 0.25) is 0 Å². The van der Waals surface area contributed by atoms with Crippen LogP contribution in [0.15, 0.2) is 0 Å². The molecule has 0 bridgehead atoms. The van der Waals surface area contributed by atoms with Gasteiger partial charge in [-0.3, -0.25) is 4.79 Å². The Hall–Kier alpha value is -0.570. The predicted octanol–water partition coefficient (Wildman–Crippen LogP) is 0.924. The summed E-state index contributed by atoms with van der Waals surface area (Å²) in [5.41, 5.74) is 5.28. The van der Waals surface area contributed by atoms with Gasteiger partial charge in [-0.15, -0.1) is 0 Å². The molecule has 3 nitrogen and oxygen atoms in total. The predicted molar refractivity (Wildman–Crippen MR) is 46.5 cm³/mol. The minimum absolute atomic E-state index is 0.0579. The Kier molecular flexibility index (Phi) is 3.53. The molecule has 0 aromatic heterocycles. The van der Waals surface area contributed by atoms with E-state index in [2.05, 4.69) is 0 Å². The van der Waals surface area contributed by atoms with Crippen molar-refractivity contribution in [3.63, 3.8) is 0 Å². The van der Waals surface area contributed by atoms with Crippen molar-refractivity contribution in [3.8, 4) is 0 Å². The summed E-state index contributed by atoms with van der Waals surface area (Å²) in [4.78, 5) is 11.0. The van der Waals surface area contributed by atoms with E-state index in [0.717, 1.165) is 12.8 Å². The molecule has 70 valence electrons. The number of hydrogen-bond donors (Lipinski definition) is 1. The maximum atomic E-state index is 11.0. The molecule has 1 atom stereocenters. The van der Waals surface area contributed by atoms with Crippen LogP contribution in [0.5, 0.6) is 0 Å². The fraction of sp³-hybridized carbons (Fsp3) is 0.889. The molecule has 0 aromatic carbocycles. The van der Waals surface area contributed by atoms with Crippen LogP contribution in [0, 0.1) is 11.8 Å². The van der Waals surface area contributed by atoms with Crippen LogP contribution in [-0.4, -0.2) is 19.6 Å². The number of amides is 1.